The predicted octanol–water partition coefficient (Wildman–Crippen LogP) is -0.435. The molecule has 0 heterocycles. The van der Waals surface area contributed by atoms with E-state index in [0.29, 0.717) is 16.3 Å². The Kier molecular flexibility index (Phi) is 6.61. The Balaban J connectivity index is 1.83. The number of anilines is 2. The third kappa shape index (κ3) is 6.77. The minimum atomic E-state index is -3.79. The van der Waals surface area contributed by atoms with Gasteiger partial charge >= 0.3 is 0 Å². The molecule has 0 aromatic heterocycles. The van der Waals surface area contributed by atoms with Crippen LogP contribution in [0.1, 0.15) is 0 Å². The molecule has 8 nitrogen and oxygen atoms in total. The van der Waals surface area contributed by atoms with Crippen LogP contribution in [0, 0.1) is 5.82 Å². The first kappa shape index (κ1) is 20.5. The van der Waals surface area contributed by atoms with Crippen molar-refractivity contribution in [1.82, 2.24) is 0 Å². The van der Waals surface area contributed by atoms with Gasteiger partial charge in [0.1, 0.15) is 5.82 Å². The molecule has 27 heavy (non-hydrogen) atoms. The van der Waals surface area contributed by atoms with E-state index in [-0.39, 0.29) is 29.8 Å². The van der Waals surface area contributed by atoms with Gasteiger partial charge in [0, 0.05) is 11.4 Å². The smallest absolute Gasteiger partial charge is 0.279 e. The van der Waals surface area contributed by atoms with Gasteiger partial charge in [-0.1, -0.05) is 6.07 Å². The monoisotopic (exact) mass is 395 g/mol. The number of halogens is 1. The number of nitrogens with one attached hydrogen (secondary N) is 3. The summed E-state index contributed by atoms with van der Waals surface area (Å²) in [4.78, 5) is 24.5. The summed E-state index contributed by atoms with van der Waals surface area (Å²) >= 11 is 0. The molecule has 0 bridgehead atoms. The Bertz CT molecular complexity index is 932. The van der Waals surface area contributed by atoms with E-state index in [1.807, 2.05) is 0 Å². The number of benzene rings is 2. The molecule has 1 unspecified atom stereocenters. The van der Waals surface area contributed by atoms with Gasteiger partial charge in [0.2, 0.25) is 10.0 Å². The van der Waals surface area contributed by atoms with E-state index in [0.717, 1.165) is 0 Å². The topological polar surface area (TPSA) is 123 Å². The summed E-state index contributed by atoms with van der Waals surface area (Å²) in [6.45, 7) is 0.0157. The van der Waals surface area contributed by atoms with Crippen LogP contribution in [-0.2, 0) is 19.6 Å². The first-order valence-electron chi connectivity index (χ1n) is 7.93. The van der Waals surface area contributed by atoms with Gasteiger partial charge in [-0.2, -0.15) is 0 Å². The molecular weight excluding hydrogens is 375 g/mol. The summed E-state index contributed by atoms with van der Waals surface area (Å²) < 4.78 is 35.5. The second-order valence-corrected chi connectivity index (χ2v) is 7.55. The van der Waals surface area contributed by atoms with Crippen molar-refractivity contribution in [2.24, 2.45) is 5.14 Å². The van der Waals surface area contributed by atoms with Gasteiger partial charge in [0.25, 0.3) is 11.8 Å². The fourth-order valence-electron chi connectivity index (χ4n) is 2.32. The molecule has 1 atom stereocenters. The van der Waals surface area contributed by atoms with Crippen molar-refractivity contribution in [2.45, 2.75) is 4.90 Å². The molecule has 0 saturated carbocycles. The van der Waals surface area contributed by atoms with Crippen LogP contribution < -0.4 is 20.7 Å². The van der Waals surface area contributed by atoms with Crippen molar-refractivity contribution in [1.29, 1.82) is 0 Å². The number of carbonyl (C=O) groups is 2. The van der Waals surface area contributed by atoms with E-state index in [4.69, 9.17) is 5.14 Å². The number of quaternary nitrogens is 1. The average Bonchev–Trinajstić information content (AvgIpc) is 2.53. The SMILES string of the molecule is C[NH+](CC(=O)Nc1ccc(S(N)(=O)=O)cc1)CC(=O)Nc1cccc(F)c1. The lowest BCUT2D eigenvalue weighted by Crippen LogP contribution is -3.11. The first-order valence-corrected chi connectivity index (χ1v) is 9.47. The van der Waals surface area contributed by atoms with Crippen LogP contribution in [0.3, 0.4) is 0 Å². The van der Waals surface area contributed by atoms with Crippen molar-refractivity contribution in [3.8, 4) is 0 Å². The van der Waals surface area contributed by atoms with Gasteiger partial charge < -0.3 is 15.5 Å². The molecular formula is C17H20FN4O4S+. The largest absolute Gasteiger partial charge is 0.322 e. The van der Waals surface area contributed by atoms with Crippen molar-refractivity contribution in [3.63, 3.8) is 0 Å². The van der Waals surface area contributed by atoms with Crippen LogP contribution in [0.2, 0.25) is 0 Å². The van der Waals surface area contributed by atoms with E-state index in [9.17, 15) is 22.4 Å². The third-order valence-corrected chi connectivity index (χ3v) is 4.43. The molecule has 144 valence electrons. The minimum absolute atomic E-state index is 0.00745. The molecule has 0 aliphatic heterocycles. The molecule has 5 N–H and O–H groups in total. The second kappa shape index (κ2) is 8.71. The lowest BCUT2D eigenvalue weighted by atomic mass is 10.3. The third-order valence-electron chi connectivity index (χ3n) is 3.50. The highest BCUT2D eigenvalue weighted by Gasteiger charge is 2.15. The summed E-state index contributed by atoms with van der Waals surface area (Å²) in [5, 5.41) is 10.2. The molecule has 2 aromatic rings. The van der Waals surface area contributed by atoms with Crippen molar-refractivity contribution in [3.05, 3.63) is 54.3 Å². The van der Waals surface area contributed by atoms with E-state index in [2.05, 4.69) is 10.6 Å². The maximum atomic E-state index is 13.1. The minimum Gasteiger partial charge on any atom is -0.322 e. The van der Waals surface area contributed by atoms with Gasteiger partial charge in [-0.05, 0) is 42.5 Å². The molecule has 10 heteroatoms. The molecule has 0 radical (unpaired) electrons. The van der Waals surface area contributed by atoms with E-state index in [1.165, 1.54) is 42.5 Å². The molecule has 2 amide bonds. The molecule has 2 aromatic carbocycles. The highest BCUT2D eigenvalue weighted by atomic mass is 32.2. The van der Waals surface area contributed by atoms with Crippen molar-refractivity contribution in [2.75, 3.05) is 30.8 Å². The van der Waals surface area contributed by atoms with Crippen molar-refractivity contribution >= 4 is 33.2 Å². The molecule has 0 saturated heterocycles. The maximum absolute atomic E-state index is 13.1. The number of nitrogens with two attached hydrogens (primary N) is 1. The van der Waals surface area contributed by atoms with E-state index in [1.54, 1.807) is 13.1 Å². The quantitative estimate of drug-likeness (QED) is 0.508. The van der Waals surface area contributed by atoms with Crippen LogP contribution in [-0.4, -0.2) is 40.4 Å². The van der Waals surface area contributed by atoms with Crippen LogP contribution in [0.15, 0.2) is 53.4 Å². The molecule has 0 spiro atoms. The summed E-state index contributed by atoms with van der Waals surface area (Å²) in [5.41, 5.74) is 0.747. The van der Waals surface area contributed by atoms with E-state index >= 15 is 0 Å². The predicted molar refractivity (Wildman–Crippen MR) is 98.1 cm³/mol. The van der Waals surface area contributed by atoms with Gasteiger partial charge in [-0.3, -0.25) is 9.59 Å². The zero-order chi connectivity index (χ0) is 20.0. The van der Waals surface area contributed by atoms with E-state index < -0.39 is 15.8 Å². The highest BCUT2D eigenvalue weighted by molar-refractivity contribution is 7.89. The Morgan fingerprint density at radius 2 is 1.56 bits per heavy atom. The Labute approximate surface area is 156 Å². The Morgan fingerprint density at radius 1 is 1.00 bits per heavy atom. The number of hydrogen-bond donors (Lipinski definition) is 4. The first-order chi connectivity index (χ1) is 12.6. The number of hydrogen-bond acceptors (Lipinski definition) is 4. The number of primary sulfonamides is 1. The number of amides is 2. The Hall–Kier alpha value is -2.82. The molecule has 0 fully saturated rings. The van der Waals surface area contributed by atoms with Gasteiger partial charge in [-0.25, -0.2) is 17.9 Å². The zero-order valence-electron chi connectivity index (χ0n) is 14.5. The van der Waals surface area contributed by atoms with Gasteiger partial charge in [-0.15, -0.1) is 0 Å². The summed E-state index contributed by atoms with van der Waals surface area (Å²) in [6.07, 6.45) is 0. The standard InChI is InChI=1S/C17H19FN4O4S/c1-22(11-17(24)21-14-4-2-3-12(18)9-14)10-16(23)20-13-5-7-15(8-6-13)27(19,25)26/h2-9H,10-11H2,1H3,(H,20,23)(H,21,24)(H2,19,25,26)/p+1. The zero-order valence-corrected chi connectivity index (χ0v) is 15.3. The maximum Gasteiger partial charge on any atom is 0.279 e. The van der Waals surface area contributed by atoms with Crippen LogP contribution in [0.4, 0.5) is 15.8 Å². The fourth-order valence-corrected chi connectivity index (χ4v) is 2.83. The van der Waals surface area contributed by atoms with Crippen LogP contribution in [0.25, 0.3) is 0 Å². The summed E-state index contributed by atoms with van der Waals surface area (Å²) in [6, 6.07) is 10.9. The lowest BCUT2D eigenvalue weighted by Gasteiger charge is -2.14. The number of rotatable bonds is 7. The van der Waals surface area contributed by atoms with Crippen LogP contribution in [0.5, 0.6) is 0 Å². The molecule has 0 aliphatic rings. The number of carbonyl (C=O) groups excluding carboxylic acids is 2. The van der Waals surface area contributed by atoms with Gasteiger partial charge in [0.05, 0.1) is 11.9 Å². The molecule has 2 rings (SSSR count). The summed E-state index contributed by atoms with van der Waals surface area (Å²) in [7, 11) is -2.13. The molecule has 0 aliphatic carbocycles. The van der Waals surface area contributed by atoms with Gasteiger partial charge in [0.15, 0.2) is 13.1 Å². The normalized spacial score (nSPS) is 12.3. The average molecular weight is 395 g/mol. The fraction of sp³-hybridized carbons (Fsp3) is 0.176. The van der Waals surface area contributed by atoms with Crippen LogP contribution >= 0.6 is 0 Å². The number of sulfonamides is 1. The Morgan fingerprint density at radius 3 is 2.07 bits per heavy atom. The summed E-state index contributed by atoms with van der Waals surface area (Å²) in [5.74, 6) is -1.17. The van der Waals surface area contributed by atoms with Crippen molar-refractivity contribution < 1.29 is 27.3 Å². The number of likely N-dealkylation sites (N-methyl/N-ethyl adjacent to an activating group) is 1. The highest BCUT2D eigenvalue weighted by Crippen LogP contribution is 2.12. The second-order valence-electron chi connectivity index (χ2n) is 5.99. The lowest BCUT2D eigenvalue weighted by molar-refractivity contribution is -0.862.